The Hall–Kier alpha value is -2.11. The summed E-state index contributed by atoms with van der Waals surface area (Å²) >= 11 is 0. The van der Waals surface area contributed by atoms with Crippen LogP contribution in [-0.4, -0.2) is 38.6 Å². The Bertz CT molecular complexity index is 505. The summed E-state index contributed by atoms with van der Waals surface area (Å²) in [5.74, 6) is -1.09. The molecule has 1 aromatic rings. The maximum absolute atomic E-state index is 12.9. The summed E-state index contributed by atoms with van der Waals surface area (Å²) in [5.41, 5.74) is 0.717. The van der Waals surface area contributed by atoms with Gasteiger partial charge in [0.15, 0.2) is 0 Å². The number of rotatable bonds is 7. The molecule has 0 bridgehead atoms. The quantitative estimate of drug-likeness (QED) is 0.782. The maximum Gasteiger partial charge on any atom is 0.328 e. The van der Waals surface area contributed by atoms with Gasteiger partial charge < -0.3 is 15.0 Å². The first-order chi connectivity index (χ1) is 10.4. The fourth-order valence-electron chi connectivity index (χ4n) is 2.02. The summed E-state index contributed by atoms with van der Waals surface area (Å²) in [6, 6.07) is 5.19. The van der Waals surface area contributed by atoms with E-state index in [1.807, 2.05) is 13.8 Å². The fraction of sp³-hybridized carbons (Fsp3) is 0.500. The molecule has 0 saturated carbocycles. The van der Waals surface area contributed by atoms with Gasteiger partial charge in [-0.15, -0.1) is 0 Å². The van der Waals surface area contributed by atoms with E-state index in [1.165, 1.54) is 19.2 Å². The van der Waals surface area contributed by atoms with Crippen LogP contribution in [0.1, 0.15) is 20.3 Å². The van der Waals surface area contributed by atoms with Crippen molar-refractivity contribution in [2.24, 2.45) is 5.92 Å². The monoisotopic (exact) mass is 310 g/mol. The van der Waals surface area contributed by atoms with Gasteiger partial charge in [-0.1, -0.05) is 20.3 Å². The second-order valence-electron chi connectivity index (χ2n) is 5.29. The van der Waals surface area contributed by atoms with Gasteiger partial charge in [-0.2, -0.15) is 0 Å². The van der Waals surface area contributed by atoms with Crippen LogP contribution in [0.5, 0.6) is 0 Å². The summed E-state index contributed by atoms with van der Waals surface area (Å²) < 4.78 is 17.6. The van der Waals surface area contributed by atoms with Crippen molar-refractivity contribution in [3.8, 4) is 0 Å². The number of amides is 1. The summed E-state index contributed by atoms with van der Waals surface area (Å²) in [6.45, 7) is 3.89. The number of carbonyl (C=O) groups excluding carboxylic acids is 2. The number of halogens is 1. The lowest BCUT2D eigenvalue weighted by Crippen LogP contribution is -2.48. The third-order valence-corrected chi connectivity index (χ3v) is 3.63. The molecule has 2 atom stereocenters. The number of anilines is 1. The Labute approximate surface area is 130 Å². The van der Waals surface area contributed by atoms with Gasteiger partial charge in [-0.25, -0.2) is 9.18 Å². The smallest absolute Gasteiger partial charge is 0.328 e. The lowest BCUT2D eigenvalue weighted by Gasteiger charge is -2.24. The van der Waals surface area contributed by atoms with Crippen LogP contribution >= 0.6 is 0 Å². The van der Waals surface area contributed by atoms with Crippen LogP contribution in [0.15, 0.2) is 24.3 Å². The van der Waals surface area contributed by atoms with Gasteiger partial charge in [0.2, 0.25) is 5.91 Å². The molecule has 0 saturated heterocycles. The number of likely N-dealkylation sites (N-methyl/N-ethyl adjacent to an activating group) is 1. The Balaban J connectivity index is 2.66. The molecule has 0 radical (unpaired) electrons. The van der Waals surface area contributed by atoms with Crippen LogP contribution in [0.25, 0.3) is 0 Å². The van der Waals surface area contributed by atoms with E-state index in [9.17, 15) is 14.0 Å². The molecular formula is C16H23FN2O3. The van der Waals surface area contributed by atoms with Crippen LogP contribution in [0.3, 0.4) is 0 Å². The minimum absolute atomic E-state index is 0.0208. The average molecular weight is 310 g/mol. The number of carbonyl (C=O) groups is 2. The molecule has 0 aromatic heterocycles. The van der Waals surface area contributed by atoms with Crippen LogP contribution in [0, 0.1) is 11.7 Å². The normalized spacial score (nSPS) is 13.1. The van der Waals surface area contributed by atoms with Crippen LogP contribution in [0.4, 0.5) is 10.1 Å². The highest BCUT2D eigenvalue weighted by Crippen LogP contribution is 2.13. The van der Waals surface area contributed by atoms with E-state index in [-0.39, 0.29) is 24.2 Å². The van der Waals surface area contributed by atoms with E-state index in [1.54, 1.807) is 24.1 Å². The first kappa shape index (κ1) is 17.9. The molecule has 0 aliphatic heterocycles. The van der Waals surface area contributed by atoms with E-state index in [0.717, 1.165) is 12.1 Å². The predicted molar refractivity (Wildman–Crippen MR) is 83.1 cm³/mol. The minimum Gasteiger partial charge on any atom is -0.467 e. The molecule has 1 amide bonds. The molecular weight excluding hydrogens is 287 g/mol. The summed E-state index contributed by atoms with van der Waals surface area (Å²) in [6.07, 6.45) is 0.744. The van der Waals surface area contributed by atoms with Gasteiger partial charge in [0, 0.05) is 12.7 Å². The standard InChI is InChI=1S/C16H23FN2O3/c1-5-11(2)15(16(21)22-4)18-14(20)10-19(3)13-8-6-12(17)7-9-13/h6-9,11,15H,5,10H2,1-4H3,(H,18,20). The van der Waals surface area contributed by atoms with Crippen molar-refractivity contribution in [3.63, 3.8) is 0 Å². The van der Waals surface area contributed by atoms with E-state index in [2.05, 4.69) is 5.32 Å². The SMILES string of the molecule is CCC(C)C(NC(=O)CN(C)c1ccc(F)cc1)C(=O)OC. The molecule has 2 unspecified atom stereocenters. The number of benzene rings is 1. The topological polar surface area (TPSA) is 58.6 Å². The highest BCUT2D eigenvalue weighted by Gasteiger charge is 2.26. The molecule has 0 aliphatic rings. The molecule has 22 heavy (non-hydrogen) atoms. The molecule has 1 aromatic carbocycles. The molecule has 0 heterocycles. The lowest BCUT2D eigenvalue weighted by molar-refractivity contribution is -0.146. The highest BCUT2D eigenvalue weighted by atomic mass is 19.1. The van der Waals surface area contributed by atoms with Gasteiger partial charge >= 0.3 is 5.97 Å². The lowest BCUT2D eigenvalue weighted by atomic mass is 9.99. The van der Waals surface area contributed by atoms with E-state index >= 15 is 0 Å². The first-order valence-corrected chi connectivity index (χ1v) is 7.22. The number of hydrogen-bond donors (Lipinski definition) is 1. The number of esters is 1. The minimum atomic E-state index is -0.663. The van der Waals surface area contributed by atoms with E-state index in [4.69, 9.17) is 4.74 Å². The molecule has 122 valence electrons. The third-order valence-electron chi connectivity index (χ3n) is 3.63. The van der Waals surface area contributed by atoms with Crippen molar-refractivity contribution in [3.05, 3.63) is 30.1 Å². The fourth-order valence-corrected chi connectivity index (χ4v) is 2.02. The highest BCUT2D eigenvalue weighted by molar-refractivity contribution is 5.87. The number of ether oxygens (including phenoxy) is 1. The molecule has 0 spiro atoms. The zero-order chi connectivity index (χ0) is 16.7. The molecule has 1 rings (SSSR count). The van der Waals surface area contributed by atoms with Crippen molar-refractivity contribution >= 4 is 17.6 Å². The average Bonchev–Trinajstić information content (AvgIpc) is 2.51. The van der Waals surface area contributed by atoms with Crippen LogP contribution in [0.2, 0.25) is 0 Å². The van der Waals surface area contributed by atoms with Crippen LogP contribution in [-0.2, 0) is 14.3 Å². The van der Waals surface area contributed by atoms with Crippen molar-refractivity contribution in [2.75, 3.05) is 25.6 Å². The zero-order valence-electron chi connectivity index (χ0n) is 13.4. The van der Waals surface area contributed by atoms with Crippen molar-refractivity contribution < 1.29 is 18.7 Å². The zero-order valence-corrected chi connectivity index (χ0v) is 13.4. The largest absolute Gasteiger partial charge is 0.467 e. The molecule has 1 N–H and O–H groups in total. The Morgan fingerprint density at radius 1 is 1.32 bits per heavy atom. The first-order valence-electron chi connectivity index (χ1n) is 7.22. The van der Waals surface area contributed by atoms with Gasteiger partial charge in [0.25, 0.3) is 0 Å². The molecule has 0 fully saturated rings. The molecule has 0 aliphatic carbocycles. The number of nitrogens with one attached hydrogen (secondary N) is 1. The van der Waals surface area contributed by atoms with Crippen molar-refractivity contribution in [2.45, 2.75) is 26.3 Å². The second kappa shape index (κ2) is 8.36. The van der Waals surface area contributed by atoms with Crippen LogP contribution < -0.4 is 10.2 Å². The second-order valence-corrected chi connectivity index (χ2v) is 5.29. The maximum atomic E-state index is 12.9. The van der Waals surface area contributed by atoms with Gasteiger partial charge in [-0.05, 0) is 30.2 Å². The van der Waals surface area contributed by atoms with Gasteiger partial charge in [-0.3, -0.25) is 4.79 Å². The van der Waals surface area contributed by atoms with Gasteiger partial charge in [0.05, 0.1) is 13.7 Å². The molecule has 5 nitrogen and oxygen atoms in total. The number of hydrogen-bond acceptors (Lipinski definition) is 4. The number of methoxy groups -OCH3 is 1. The Morgan fingerprint density at radius 2 is 1.91 bits per heavy atom. The Kier molecular flexibility index (Phi) is 6.82. The summed E-state index contributed by atoms with van der Waals surface area (Å²) in [4.78, 5) is 25.5. The van der Waals surface area contributed by atoms with Gasteiger partial charge in [0.1, 0.15) is 11.9 Å². The summed E-state index contributed by atoms with van der Waals surface area (Å²) in [5, 5.41) is 2.70. The van der Waals surface area contributed by atoms with E-state index < -0.39 is 12.0 Å². The van der Waals surface area contributed by atoms with Crippen molar-refractivity contribution in [1.82, 2.24) is 5.32 Å². The molecule has 6 heteroatoms. The van der Waals surface area contributed by atoms with Crippen molar-refractivity contribution in [1.29, 1.82) is 0 Å². The predicted octanol–water partition coefficient (Wildman–Crippen LogP) is 1.97. The summed E-state index contributed by atoms with van der Waals surface area (Å²) in [7, 11) is 3.03. The van der Waals surface area contributed by atoms with E-state index in [0.29, 0.717) is 0 Å². The third kappa shape index (κ3) is 5.02. The number of nitrogens with zero attached hydrogens (tertiary/aromatic N) is 1. The Morgan fingerprint density at radius 3 is 2.41 bits per heavy atom.